The predicted molar refractivity (Wildman–Crippen MR) is 104 cm³/mol. The molecule has 3 heterocycles. The molecular weight excluding hydrogens is 435 g/mol. The number of thioether (sulfide) groups is 1. The minimum Gasteiger partial charge on any atom is -0.396 e. The highest BCUT2D eigenvalue weighted by atomic mass is 32.2. The van der Waals surface area contributed by atoms with Crippen LogP contribution in [0.25, 0.3) is 11.6 Å². The Morgan fingerprint density at radius 2 is 1.71 bits per heavy atom. The van der Waals surface area contributed by atoms with E-state index in [1.54, 1.807) is 13.8 Å². The van der Waals surface area contributed by atoms with Crippen LogP contribution in [0.5, 0.6) is 0 Å². The van der Waals surface area contributed by atoms with E-state index in [-0.39, 0.29) is 57.3 Å². The summed E-state index contributed by atoms with van der Waals surface area (Å²) in [6.07, 6.45) is 0. The van der Waals surface area contributed by atoms with E-state index in [0.29, 0.717) is 11.4 Å². The Hall–Kier alpha value is -3.41. The molecule has 0 saturated carbocycles. The zero-order valence-electron chi connectivity index (χ0n) is 16.1. The number of alkyl halides is 3. The van der Waals surface area contributed by atoms with Crippen LogP contribution >= 0.6 is 11.8 Å². The number of amides is 2. The van der Waals surface area contributed by atoms with Crippen LogP contribution in [0, 0.1) is 13.8 Å². The Kier molecular flexibility index (Phi) is 4.96. The van der Waals surface area contributed by atoms with Gasteiger partial charge in [-0.1, -0.05) is 17.3 Å². The van der Waals surface area contributed by atoms with Crippen molar-refractivity contribution < 1.29 is 27.3 Å². The highest BCUT2D eigenvalue weighted by molar-refractivity contribution is 8.00. The molecule has 8 nitrogen and oxygen atoms in total. The summed E-state index contributed by atoms with van der Waals surface area (Å²) in [5, 5.41) is 3.68. The third-order valence-corrected chi connectivity index (χ3v) is 5.30. The Balaban J connectivity index is 1.64. The molecule has 1 aliphatic heterocycles. The number of fused-ring (bicyclic) bond motifs is 1. The molecule has 3 aromatic rings. The summed E-state index contributed by atoms with van der Waals surface area (Å²) in [6.45, 7) is 3.04. The fourth-order valence-electron chi connectivity index (χ4n) is 3.24. The van der Waals surface area contributed by atoms with Crippen molar-refractivity contribution in [2.45, 2.75) is 30.8 Å². The molecule has 0 aliphatic carbocycles. The molecule has 1 aliphatic rings. The number of pyridine rings is 1. The zero-order valence-corrected chi connectivity index (χ0v) is 17.0. The molecule has 2 aromatic heterocycles. The van der Waals surface area contributed by atoms with E-state index < -0.39 is 17.3 Å². The lowest BCUT2D eigenvalue weighted by Gasteiger charge is -2.14. The van der Waals surface area contributed by atoms with Crippen molar-refractivity contribution in [2.24, 2.45) is 0 Å². The Morgan fingerprint density at radius 3 is 2.29 bits per heavy atom. The first-order chi connectivity index (χ1) is 14.5. The van der Waals surface area contributed by atoms with E-state index in [2.05, 4.69) is 15.1 Å². The van der Waals surface area contributed by atoms with Crippen LogP contribution in [0.4, 0.5) is 18.9 Å². The largest absolute Gasteiger partial charge is 0.446 e. The van der Waals surface area contributed by atoms with Gasteiger partial charge in [0.25, 0.3) is 17.7 Å². The van der Waals surface area contributed by atoms with Gasteiger partial charge in [0.1, 0.15) is 0 Å². The topological polar surface area (TPSA) is 115 Å². The number of hydrogen-bond acceptors (Lipinski definition) is 8. The minimum absolute atomic E-state index is 0.00222. The molecular formula is C19H14F3N5O3S. The van der Waals surface area contributed by atoms with E-state index >= 15 is 0 Å². The van der Waals surface area contributed by atoms with Gasteiger partial charge in [0.15, 0.2) is 11.5 Å². The van der Waals surface area contributed by atoms with Gasteiger partial charge in [-0.25, -0.2) is 4.98 Å². The molecule has 0 unspecified atom stereocenters. The number of imide groups is 1. The molecule has 1 aromatic carbocycles. The maximum atomic E-state index is 13.0. The average molecular weight is 449 g/mol. The number of benzene rings is 1. The summed E-state index contributed by atoms with van der Waals surface area (Å²) in [4.78, 5) is 35.2. The summed E-state index contributed by atoms with van der Waals surface area (Å²) >= 11 is -0.244. The fraction of sp³-hybridized carbons (Fsp3) is 0.211. The molecule has 0 radical (unpaired) electrons. The van der Waals surface area contributed by atoms with Crippen LogP contribution in [-0.4, -0.2) is 37.3 Å². The third kappa shape index (κ3) is 3.85. The molecule has 4 rings (SSSR count). The Bertz CT molecular complexity index is 1210. The first-order valence-electron chi connectivity index (χ1n) is 8.87. The highest BCUT2D eigenvalue weighted by Crippen LogP contribution is 2.38. The second-order valence-electron chi connectivity index (χ2n) is 6.74. The van der Waals surface area contributed by atoms with Gasteiger partial charge in [-0.3, -0.25) is 14.5 Å². The number of rotatable bonds is 4. The van der Waals surface area contributed by atoms with Gasteiger partial charge in [0, 0.05) is 4.90 Å². The first kappa shape index (κ1) is 20.8. The Labute approximate surface area is 177 Å². The number of aryl methyl sites for hydroxylation is 2. The molecule has 0 fully saturated rings. The number of aromatic nitrogens is 3. The van der Waals surface area contributed by atoms with Crippen molar-refractivity contribution in [1.29, 1.82) is 0 Å². The fourth-order valence-corrected chi connectivity index (χ4v) is 3.78. The lowest BCUT2D eigenvalue weighted by atomic mass is 10.0. The summed E-state index contributed by atoms with van der Waals surface area (Å²) in [5.41, 5.74) is 2.61. The van der Waals surface area contributed by atoms with Crippen molar-refractivity contribution in [3.63, 3.8) is 0 Å². The molecule has 2 amide bonds. The average Bonchev–Trinajstić information content (AvgIpc) is 3.22. The quantitative estimate of drug-likeness (QED) is 0.473. The lowest BCUT2D eigenvalue weighted by Crippen LogP contribution is -2.29. The number of nitrogens with zero attached hydrogens (tertiary/aromatic N) is 4. The van der Waals surface area contributed by atoms with Crippen molar-refractivity contribution in [3.8, 4) is 11.6 Å². The molecule has 2 N–H and O–H groups in total. The molecule has 0 saturated heterocycles. The van der Waals surface area contributed by atoms with Gasteiger partial charge in [0.2, 0.25) is 0 Å². The minimum atomic E-state index is -4.40. The third-order valence-electron chi connectivity index (χ3n) is 4.56. The SMILES string of the molecule is Cc1noc(-c2nc(C)c3c(c2N)C(=O)N(Cc2ccc(SC(F)(F)F)cc2)C3=O)n1. The summed E-state index contributed by atoms with van der Waals surface area (Å²) in [7, 11) is 0. The smallest absolute Gasteiger partial charge is 0.396 e. The first-order valence-corrected chi connectivity index (χ1v) is 9.68. The monoisotopic (exact) mass is 449 g/mol. The van der Waals surface area contributed by atoms with Crippen molar-refractivity contribution in [2.75, 3.05) is 5.73 Å². The second-order valence-corrected chi connectivity index (χ2v) is 7.88. The van der Waals surface area contributed by atoms with E-state index in [9.17, 15) is 22.8 Å². The van der Waals surface area contributed by atoms with Gasteiger partial charge in [0.05, 0.1) is 29.1 Å². The van der Waals surface area contributed by atoms with Gasteiger partial charge in [-0.15, -0.1) is 0 Å². The van der Waals surface area contributed by atoms with Gasteiger partial charge in [-0.2, -0.15) is 18.2 Å². The molecule has 160 valence electrons. The molecule has 31 heavy (non-hydrogen) atoms. The summed E-state index contributed by atoms with van der Waals surface area (Å²) in [5.74, 6) is -0.837. The normalized spacial score (nSPS) is 13.8. The molecule has 0 bridgehead atoms. The number of halogens is 3. The maximum Gasteiger partial charge on any atom is 0.446 e. The zero-order chi connectivity index (χ0) is 22.5. The van der Waals surface area contributed by atoms with Crippen molar-refractivity contribution >= 4 is 29.3 Å². The number of nitrogens with two attached hydrogens (primary N) is 1. The van der Waals surface area contributed by atoms with E-state index in [0.717, 1.165) is 4.90 Å². The number of hydrogen-bond donors (Lipinski definition) is 1. The number of anilines is 1. The van der Waals surface area contributed by atoms with Crippen LogP contribution in [0.3, 0.4) is 0 Å². The van der Waals surface area contributed by atoms with Gasteiger partial charge in [-0.05, 0) is 43.3 Å². The van der Waals surface area contributed by atoms with Gasteiger partial charge >= 0.3 is 5.51 Å². The van der Waals surface area contributed by atoms with Crippen LogP contribution in [-0.2, 0) is 6.54 Å². The lowest BCUT2D eigenvalue weighted by molar-refractivity contribution is -0.0328. The number of nitrogen functional groups attached to an aromatic ring is 1. The van der Waals surface area contributed by atoms with E-state index in [1.165, 1.54) is 24.3 Å². The van der Waals surface area contributed by atoms with Crippen molar-refractivity contribution in [1.82, 2.24) is 20.0 Å². The molecule has 0 spiro atoms. The van der Waals surface area contributed by atoms with E-state index in [1.807, 2.05) is 0 Å². The number of carbonyl (C=O) groups excluding carboxylic acids is 2. The maximum absolute atomic E-state index is 13.0. The van der Waals surface area contributed by atoms with Gasteiger partial charge < -0.3 is 10.3 Å². The second kappa shape index (κ2) is 7.38. The predicted octanol–water partition coefficient (Wildman–Crippen LogP) is 3.74. The van der Waals surface area contributed by atoms with Crippen LogP contribution in [0.15, 0.2) is 33.7 Å². The van der Waals surface area contributed by atoms with Crippen LogP contribution in [0.1, 0.15) is 37.8 Å². The summed E-state index contributed by atoms with van der Waals surface area (Å²) in [6, 6.07) is 5.42. The van der Waals surface area contributed by atoms with Crippen LogP contribution in [0.2, 0.25) is 0 Å². The van der Waals surface area contributed by atoms with Crippen molar-refractivity contribution in [3.05, 3.63) is 52.5 Å². The molecule has 0 atom stereocenters. The number of carbonyl (C=O) groups is 2. The Morgan fingerprint density at radius 1 is 1.06 bits per heavy atom. The molecule has 12 heteroatoms. The standard InChI is InChI=1S/C19H14F3N5O3S/c1-8-12-13(14(23)15(24-8)16-25-9(2)26-30-16)18(29)27(17(12)28)7-10-3-5-11(6-4-10)31-19(20,21)22/h3-6H,7,23H2,1-2H3. The highest BCUT2D eigenvalue weighted by Gasteiger charge is 2.41. The van der Waals surface area contributed by atoms with E-state index in [4.69, 9.17) is 10.3 Å². The van der Waals surface area contributed by atoms with Crippen LogP contribution < -0.4 is 5.73 Å². The summed E-state index contributed by atoms with van der Waals surface area (Å²) < 4.78 is 42.5.